The molecular formula is C24H27N7O9. The molecule has 3 aromatic heterocycles. The first-order valence-corrected chi connectivity index (χ1v) is 12.0. The molecular weight excluding hydrogens is 530 g/mol. The standard InChI is InChI=1S/C24H27N7O9/c25-24-30-19-18(21(36)31-24)12(10-27-19)3-1-11-2-4-13(26-9-11)20(35)29-15(23(39)40)5-7-16(32)28-14(22(37)38)6-8-17(33)34/h2,4,9-10,14-15H,1,3,5-8H2,(H,28,32)(H,29,35)(H,33,34)(H,37,38)(H,39,40)(H4,25,27,30,31,36)/t14-,15-/m0/s1. The normalized spacial score (nSPS) is 12.4. The summed E-state index contributed by atoms with van der Waals surface area (Å²) < 4.78 is 0. The average Bonchev–Trinajstić information content (AvgIpc) is 3.30. The molecule has 3 aromatic rings. The van der Waals surface area contributed by atoms with Crippen LogP contribution in [0, 0.1) is 0 Å². The van der Waals surface area contributed by atoms with E-state index < -0.39 is 54.6 Å². The van der Waals surface area contributed by atoms with Crippen molar-refractivity contribution < 1.29 is 39.3 Å². The van der Waals surface area contributed by atoms with Crippen LogP contribution in [0.25, 0.3) is 11.0 Å². The number of hydrogen-bond acceptors (Lipinski definition) is 9. The summed E-state index contributed by atoms with van der Waals surface area (Å²) in [7, 11) is 0. The SMILES string of the molecule is Nc1nc2[nH]cc(CCc3ccc(C(=O)N[C@@H](CCC(=O)N[C@@H](CCC(=O)O)C(=O)O)C(=O)O)nc3)c2c(=O)[nH]1. The molecule has 0 fully saturated rings. The highest BCUT2D eigenvalue weighted by atomic mass is 16.4. The number of pyridine rings is 1. The number of carboxylic acids is 3. The van der Waals surface area contributed by atoms with Gasteiger partial charge in [-0.15, -0.1) is 0 Å². The molecule has 9 N–H and O–H groups in total. The van der Waals surface area contributed by atoms with Gasteiger partial charge < -0.3 is 36.7 Å². The number of aliphatic carboxylic acids is 3. The molecule has 16 heteroatoms. The monoisotopic (exact) mass is 557 g/mol. The third kappa shape index (κ3) is 7.86. The summed E-state index contributed by atoms with van der Waals surface area (Å²) in [6.45, 7) is 0. The van der Waals surface area contributed by atoms with Crippen molar-refractivity contribution >= 4 is 46.7 Å². The number of rotatable bonds is 14. The van der Waals surface area contributed by atoms with Crippen LogP contribution >= 0.6 is 0 Å². The zero-order valence-corrected chi connectivity index (χ0v) is 21.0. The van der Waals surface area contributed by atoms with Crippen LogP contribution in [-0.4, -0.2) is 77.1 Å². The van der Waals surface area contributed by atoms with E-state index in [1.807, 2.05) is 0 Å². The van der Waals surface area contributed by atoms with Gasteiger partial charge in [-0.25, -0.2) is 9.59 Å². The first-order valence-electron chi connectivity index (χ1n) is 12.0. The number of aromatic nitrogens is 4. The molecule has 0 spiro atoms. The van der Waals surface area contributed by atoms with Gasteiger partial charge in [0.2, 0.25) is 11.9 Å². The Labute approximate surface area is 225 Å². The minimum absolute atomic E-state index is 0.00261. The van der Waals surface area contributed by atoms with Gasteiger partial charge in [-0.3, -0.25) is 29.1 Å². The highest BCUT2D eigenvalue weighted by molar-refractivity contribution is 5.95. The highest BCUT2D eigenvalue weighted by Crippen LogP contribution is 2.15. The summed E-state index contributed by atoms with van der Waals surface area (Å²) in [4.78, 5) is 83.8. The first-order chi connectivity index (χ1) is 18.9. The molecule has 16 nitrogen and oxygen atoms in total. The van der Waals surface area contributed by atoms with Crippen molar-refractivity contribution in [1.29, 1.82) is 0 Å². The largest absolute Gasteiger partial charge is 0.481 e. The smallest absolute Gasteiger partial charge is 0.326 e. The van der Waals surface area contributed by atoms with Crippen LogP contribution in [0.15, 0.2) is 29.3 Å². The quantitative estimate of drug-likeness (QED) is 0.124. The third-order valence-electron chi connectivity index (χ3n) is 5.93. The molecule has 0 aliphatic carbocycles. The van der Waals surface area contributed by atoms with Crippen molar-refractivity contribution in [3.05, 3.63) is 51.7 Å². The number of anilines is 1. The van der Waals surface area contributed by atoms with Crippen LogP contribution in [0.3, 0.4) is 0 Å². The Bertz CT molecular complexity index is 1480. The lowest BCUT2D eigenvalue weighted by atomic mass is 10.1. The fraction of sp³-hybridized carbons (Fsp3) is 0.333. The summed E-state index contributed by atoms with van der Waals surface area (Å²) >= 11 is 0. The highest BCUT2D eigenvalue weighted by Gasteiger charge is 2.25. The number of aromatic amines is 2. The third-order valence-corrected chi connectivity index (χ3v) is 5.93. The van der Waals surface area contributed by atoms with E-state index in [2.05, 4.69) is 30.6 Å². The Morgan fingerprint density at radius 1 is 0.950 bits per heavy atom. The van der Waals surface area contributed by atoms with Gasteiger partial charge in [0.05, 0.1) is 5.39 Å². The number of H-pyrrole nitrogens is 2. The summed E-state index contributed by atoms with van der Waals surface area (Å²) in [5, 5.41) is 32.1. The fourth-order valence-electron chi connectivity index (χ4n) is 3.86. The van der Waals surface area contributed by atoms with Gasteiger partial charge in [0, 0.05) is 25.2 Å². The van der Waals surface area contributed by atoms with Crippen LogP contribution in [0.1, 0.15) is 47.3 Å². The van der Waals surface area contributed by atoms with E-state index in [1.54, 1.807) is 12.3 Å². The van der Waals surface area contributed by atoms with Crippen molar-refractivity contribution in [2.75, 3.05) is 5.73 Å². The van der Waals surface area contributed by atoms with Gasteiger partial charge in [-0.05, 0) is 42.9 Å². The molecule has 3 heterocycles. The van der Waals surface area contributed by atoms with Crippen LogP contribution < -0.4 is 21.9 Å². The Morgan fingerprint density at radius 3 is 2.25 bits per heavy atom. The molecule has 0 saturated heterocycles. The minimum Gasteiger partial charge on any atom is -0.481 e. The van der Waals surface area contributed by atoms with Crippen LogP contribution in [0.2, 0.25) is 0 Å². The van der Waals surface area contributed by atoms with Crippen molar-refractivity contribution in [1.82, 2.24) is 30.6 Å². The van der Waals surface area contributed by atoms with Gasteiger partial charge in [0.25, 0.3) is 11.5 Å². The van der Waals surface area contributed by atoms with Crippen LogP contribution in [0.5, 0.6) is 0 Å². The summed E-state index contributed by atoms with van der Waals surface area (Å²) in [6, 6.07) is 0.116. The van der Waals surface area contributed by atoms with E-state index in [0.29, 0.717) is 23.9 Å². The van der Waals surface area contributed by atoms with E-state index in [4.69, 9.17) is 15.9 Å². The van der Waals surface area contributed by atoms with Gasteiger partial charge in [-0.1, -0.05) is 6.07 Å². The molecule has 40 heavy (non-hydrogen) atoms. The summed E-state index contributed by atoms with van der Waals surface area (Å²) in [6.07, 6.45) is 2.44. The Balaban J connectivity index is 1.54. The predicted octanol–water partition coefficient (Wildman–Crippen LogP) is -0.589. The van der Waals surface area contributed by atoms with Crippen molar-refractivity contribution in [3.8, 4) is 0 Å². The van der Waals surface area contributed by atoms with Gasteiger partial charge in [-0.2, -0.15) is 4.98 Å². The van der Waals surface area contributed by atoms with E-state index >= 15 is 0 Å². The lowest BCUT2D eigenvalue weighted by Gasteiger charge is -2.16. The first kappa shape index (κ1) is 29.3. The zero-order valence-electron chi connectivity index (χ0n) is 21.0. The van der Waals surface area contributed by atoms with Crippen LogP contribution in [0.4, 0.5) is 5.95 Å². The van der Waals surface area contributed by atoms with E-state index in [9.17, 15) is 33.9 Å². The Hall–Kier alpha value is -5.28. The molecule has 0 unspecified atom stereocenters. The molecule has 2 atom stereocenters. The molecule has 0 radical (unpaired) electrons. The molecule has 0 aromatic carbocycles. The maximum Gasteiger partial charge on any atom is 0.326 e. The number of nitrogens with two attached hydrogens (primary N) is 1. The average molecular weight is 558 g/mol. The van der Waals surface area contributed by atoms with E-state index in [0.717, 1.165) is 11.1 Å². The number of nitrogens with one attached hydrogen (secondary N) is 4. The predicted molar refractivity (Wildman–Crippen MR) is 137 cm³/mol. The lowest BCUT2D eigenvalue weighted by molar-refractivity contribution is -0.143. The number of carboxylic acid groups (broad SMARTS) is 3. The number of aryl methyl sites for hydroxylation is 2. The number of hydrogen-bond donors (Lipinski definition) is 8. The number of amides is 2. The Kier molecular flexibility index (Phi) is 9.51. The summed E-state index contributed by atoms with van der Waals surface area (Å²) in [5.74, 6) is -5.68. The molecule has 3 rings (SSSR count). The topological polar surface area (TPSA) is 271 Å². The minimum atomic E-state index is -1.47. The Morgan fingerprint density at radius 2 is 1.62 bits per heavy atom. The zero-order chi connectivity index (χ0) is 29.4. The van der Waals surface area contributed by atoms with Crippen molar-refractivity contribution in [3.63, 3.8) is 0 Å². The maximum atomic E-state index is 12.6. The molecule has 0 aliphatic heterocycles. The summed E-state index contributed by atoms with van der Waals surface area (Å²) in [5.41, 5.74) is 6.94. The second-order valence-electron chi connectivity index (χ2n) is 8.83. The van der Waals surface area contributed by atoms with Gasteiger partial charge in [0.1, 0.15) is 23.4 Å². The number of carbonyl (C=O) groups is 5. The number of nitrogen functional groups attached to an aromatic ring is 1. The van der Waals surface area contributed by atoms with E-state index in [1.165, 1.54) is 12.3 Å². The second kappa shape index (κ2) is 13.0. The second-order valence-corrected chi connectivity index (χ2v) is 8.83. The fourth-order valence-corrected chi connectivity index (χ4v) is 3.86. The number of nitrogens with zero attached hydrogens (tertiary/aromatic N) is 2. The van der Waals surface area contributed by atoms with E-state index in [-0.39, 0.29) is 30.0 Å². The molecule has 0 aliphatic rings. The number of fused-ring (bicyclic) bond motifs is 1. The molecule has 2 amide bonds. The van der Waals surface area contributed by atoms with Gasteiger partial charge >= 0.3 is 17.9 Å². The number of carbonyl (C=O) groups excluding carboxylic acids is 2. The van der Waals surface area contributed by atoms with Crippen LogP contribution in [-0.2, 0) is 32.0 Å². The molecule has 0 saturated carbocycles. The molecule has 0 bridgehead atoms. The maximum absolute atomic E-state index is 12.6. The lowest BCUT2D eigenvalue weighted by Crippen LogP contribution is -2.44. The molecule has 212 valence electrons. The van der Waals surface area contributed by atoms with Gasteiger partial charge in [0.15, 0.2) is 0 Å². The van der Waals surface area contributed by atoms with Crippen molar-refractivity contribution in [2.24, 2.45) is 0 Å². The van der Waals surface area contributed by atoms with Crippen molar-refractivity contribution in [2.45, 2.75) is 50.6 Å².